The topological polar surface area (TPSA) is 80.7 Å². The van der Waals surface area contributed by atoms with Crippen LogP contribution in [0.1, 0.15) is 60.3 Å². The van der Waals surface area contributed by atoms with Gasteiger partial charge in [0.25, 0.3) is 0 Å². The molecule has 0 aromatic heterocycles. The summed E-state index contributed by atoms with van der Waals surface area (Å²) in [5, 5.41) is 10.3. The third kappa shape index (κ3) is 3.00. The van der Waals surface area contributed by atoms with Crippen LogP contribution in [0.3, 0.4) is 0 Å². The molecule has 3 aliphatic carbocycles. The average molecular weight is 374 g/mol. The van der Waals surface area contributed by atoms with Gasteiger partial charge >= 0.3 is 5.97 Å². The van der Waals surface area contributed by atoms with Gasteiger partial charge in [-0.2, -0.15) is 0 Å². The van der Waals surface area contributed by atoms with Crippen LogP contribution in [-0.2, 0) is 19.1 Å². The number of hydrogen-bond donors (Lipinski definition) is 1. The number of aliphatic hydroxyl groups is 1. The Morgan fingerprint density at radius 1 is 1.30 bits per heavy atom. The van der Waals surface area contributed by atoms with Crippen LogP contribution in [-0.4, -0.2) is 35.4 Å². The van der Waals surface area contributed by atoms with Gasteiger partial charge in [-0.1, -0.05) is 33.8 Å². The number of aliphatic hydroxyl groups excluding tert-OH is 1. The molecule has 0 radical (unpaired) electrons. The second-order valence-corrected chi connectivity index (χ2v) is 9.24. The van der Waals surface area contributed by atoms with Gasteiger partial charge in [0.1, 0.15) is 6.29 Å². The van der Waals surface area contributed by atoms with Gasteiger partial charge in [0.05, 0.1) is 6.10 Å². The number of hydrogen-bond acceptors (Lipinski definition) is 5. The maximum absolute atomic E-state index is 13.3. The summed E-state index contributed by atoms with van der Waals surface area (Å²) in [6, 6.07) is 0. The van der Waals surface area contributed by atoms with Crippen LogP contribution in [0, 0.1) is 22.7 Å². The highest BCUT2D eigenvalue weighted by molar-refractivity contribution is 6.04. The van der Waals surface area contributed by atoms with E-state index in [1.165, 1.54) is 6.92 Å². The normalized spacial score (nSPS) is 38.9. The minimum Gasteiger partial charge on any atom is -0.454 e. The molecular formula is C22H30O5. The second-order valence-electron chi connectivity index (χ2n) is 9.24. The largest absolute Gasteiger partial charge is 0.454 e. The Labute approximate surface area is 160 Å². The quantitative estimate of drug-likeness (QED) is 0.606. The molecule has 1 saturated carbocycles. The number of esters is 1. The molecule has 3 rings (SSSR count). The monoisotopic (exact) mass is 374 g/mol. The molecule has 0 heterocycles. The Morgan fingerprint density at radius 3 is 2.52 bits per heavy atom. The van der Waals surface area contributed by atoms with Crippen LogP contribution in [0.15, 0.2) is 22.8 Å². The van der Waals surface area contributed by atoms with Crippen molar-refractivity contribution in [2.24, 2.45) is 22.7 Å². The third-order valence-corrected chi connectivity index (χ3v) is 7.11. The molecule has 0 unspecified atom stereocenters. The molecule has 3 aliphatic rings. The van der Waals surface area contributed by atoms with Gasteiger partial charge < -0.3 is 9.84 Å². The Balaban J connectivity index is 2.21. The maximum Gasteiger partial charge on any atom is 0.303 e. The first-order valence-electron chi connectivity index (χ1n) is 9.86. The molecule has 0 bridgehead atoms. The number of Topliss-reactive ketones (excluding diaryl/α,β-unsaturated/α-hetero) is 1. The van der Waals surface area contributed by atoms with Crippen LogP contribution in [0.2, 0.25) is 0 Å². The first-order valence-corrected chi connectivity index (χ1v) is 9.86. The summed E-state index contributed by atoms with van der Waals surface area (Å²) in [5.41, 5.74) is 1.17. The zero-order valence-corrected chi connectivity index (χ0v) is 16.9. The van der Waals surface area contributed by atoms with E-state index in [1.807, 2.05) is 6.08 Å². The molecule has 0 aromatic rings. The lowest BCUT2D eigenvalue weighted by molar-refractivity contribution is -0.155. The van der Waals surface area contributed by atoms with Gasteiger partial charge in [-0.25, -0.2) is 0 Å². The zero-order chi connectivity index (χ0) is 20.1. The lowest BCUT2D eigenvalue weighted by Crippen LogP contribution is -2.37. The van der Waals surface area contributed by atoms with Gasteiger partial charge in [0, 0.05) is 29.4 Å². The van der Waals surface area contributed by atoms with Gasteiger partial charge in [0.2, 0.25) is 0 Å². The summed E-state index contributed by atoms with van der Waals surface area (Å²) in [7, 11) is 0. The highest BCUT2D eigenvalue weighted by Crippen LogP contribution is 2.59. The molecule has 0 aliphatic heterocycles. The fraction of sp³-hybridized carbons (Fsp3) is 0.682. The van der Waals surface area contributed by atoms with E-state index in [4.69, 9.17) is 4.74 Å². The Kier molecular flexibility index (Phi) is 4.96. The van der Waals surface area contributed by atoms with Crippen LogP contribution >= 0.6 is 0 Å². The minimum atomic E-state index is -0.784. The smallest absolute Gasteiger partial charge is 0.303 e. The van der Waals surface area contributed by atoms with Crippen molar-refractivity contribution in [3.8, 4) is 0 Å². The predicted molar refractivity (Wildman–Crippen MR) is 101 cm³/mol. The standard InChI is InChI=1S/C22H30O5/c1-12(2)18-20(27-13(3)24)19(26)16-10-15-14(11-23)17(25)6-7-21(15,4)8-9-22(16,18)5/h10-12,17-18,20,25H,6-9H2,1-5H3/t17-,18-,20+,21-,22-/m0/s1. The molecule has 0 spiro atoms. The number of ether oxygens (including phenoxy) is 1. The molecule has 0 amide bonds. The molecule has 5 nitrogen and oxygen atoms in total. The molecular weight excluding hydrogens is 344 g/mol. The first kappa shape index (κ1) is 20.0. The molecule has 1 fully saturated rings. The number of rotatable bonds is 3. The number of carbonyl (C=O) groups excluding carboxylic acids is 3. The van der Waals surface area contributed by atoms with Crippen molar-refractivity contribution in [3.05, 3.63) is 22.8 Å². The second kappa shape index (κ2) is 6.69. The van der Waals surface area contributed by atoms with Gasteiger partial charge in [0.15, 0.2) is 11.9 Å². The summed E-state index contributed by atoms with van der Waals surface area (Å²) in [4.78, 5) is 36.6. The lowest BCUT2D eigenvalue weighted by atomic mass is 9.65. The van der Waals surface area contributed by atoms with Crippen molar-refractivity contribution in [1.82, 2.24) is 0 Å². The Morgan fingerprint density at radius 2 is 1.96 bits per heavy atom. The predicted octanol–water partition coefficient (Wildman–Crippen LogP) is 3.16. The van der Waals surface area contributed by atoms with E-state index in [0.717, 1.165) is 31.1 Å². The van der Waals surface area contributed by atoms with Crippen LogP contribution in [0.25, 0.3) is 0 Å². The molecule has 1 N–H and O–H groups in total. The summed E-state index contributed by atoms with van der Waals surface area (Å²) in [6.07, 6.45) is 3.98. The van der Waals surface area contributed by atoms with E-state index in [0.29, 0.717) is 17.6 Å². The first-order chi connectivity index (χ1) is 12.5. The molecule has 5 atom stereocenters. The van der Waals surface area contributed by atoms with Crippen molar-refractivity contribution in [2.75, 3.05) is 0 Å². The van der Waals surface area contributed by atoms with Gasteiger partial charge in [-0.05, 0) is 42.6 Å². The third-order valence-electron chi connectivity index (χ3n) is 7.11. The highest BCUT2D eigenvalue weighted by Gasteiger charge is 2.58. The molecule has 0 aromatic carbocycles. The van der Waals surface area contributed by atoms with Gasteiger partial charge in [-0.15, -0.1) is 0 Å². The van der Waals surface area contributed by atoms with Crippen LogP contribution < -0.4 is 0 Å². The van der Waals surface area contributed by atoms with E-state index < -0.39 is 23.6 Å². The van der Waals surface area contributed by atoms with Crippen LogP contribution in [0.5, 0.6) is 0 Å². The highest BCUT2D eigenvalue weighted by atomic mass is 16.5. The summed E-state index contributed by atoms with van der Waals surface area (Å²) in [6.45, 7) is 9.65. The van der Waals surface area contributed by atoms with E-state index in [9.17, 15) is 19.5 Å². The van der Waals surface area contributed by atoms with Crippen molar-refractivity contribution in [3.63, 3.8) is 0 Å². The summed E-state index contributed by atoms with van der Waals surface area (Å²) in [5.74, 6) is -0.555. The Bertz CT molecular complexity index is 746. The van der Waals surface area contributed by atoms with E-state index in [-0.39, 0.29) is 23.0 Å². The van der Waals surface area contributed by atoms with Crippen molar-refractivity contribution < 1.29 is 24.2 Å². The van der Waals surface area contributed by atoms with Crippen molar-refractivity contribution in [1.29, 1.82) is 0 Å². The minimum absolute atomic E-state index is 0.103. The summed E-state index contributed by atoms with van der Waals surface area (Å²) < 4.78 is 5.47. The summed E-state index contributed by atoms with van der Waals surface area (Å²) >= 11 is 0. The van der Waals surface area contributed by atoms with Gasteiger partial charge in [-0.3, -0.25) is 14.4 Å². The molecule has 5 heteroatoms. The number of allylic oxidation sites excluding steroid dienone is 2. The molecule has 27 heavy (non-hydrogen) atoms. The van der Waals surface area contributed by atoms with Crippen molar-refractivity contribution >= 4 is 18.0 Å². The fourth-order valence-corrected chi connectivity index (χ4v) is 5.65. The SMILES string of the molecule is CC(=O)O[C@H]1C(=O)C2=CC3=C(C=O)[C@@H](O)CC[C@@]3(C)CC[C@]2(C)[C@H]1C(C)C. The fourth-order valence-electron chi connectivity index (χ4n) is 5.65. The van der Waals surface area contributed by atoms with Crippen molar-refractivity contribution in [2.45, 2.75) is 72.5 Å². The van der Waals surface area contributed by atoms with E-state index in [1.54, 1.807) is 0 Å². The van der Waals surface area contributed by atoms with E-state index >= 15 is 0 Å². The van der Waals surface area contributed by atoms with E-state index in [2.05, 4.69) is 27.7 Å². The Hall–Kier alpha value is -1.75. The molecule has 148 valence electrons. The van der Waals surface area contributed by atoms with Crippen LogP contribution in [0.4, 0.5) is 0 Å². The average Bonchev–Trinajstić information content (AvgIpc) is 2.70. The number of carbonyl (C=O) groups is 3. The number of ketones is 1. The number of fused-ring (bicyclic) bond motifs is 2. The zero-order valence-electron chi connectivity index (χ0n) is 16.9. The maximum atomic E-state index is 13.3. The molecule has 0 saturated heterocycles. The number of aldehydes is 1. The lowest BCUT2D eigenvalue weighted by Gasteiger charge is -2.39.